The minimum absolute atomic E-state index is 0.0171. The van der Waals surface area contributed by atoms with Crippen molar-refractivity contribution in [3.63, 3.8) is 0 Å². The van der Waals surface area contributed by atoms with E-state index >= 15 is 0 Å². The monoisotopic (exact) mass is 303 g/mol. The Kier molecular flexibility index (Phi) is 4.79. The molecule has 1 aromatic rings. The molecule has 1 saturated carbocycles. The number of benzene rings is 1. The lowest BCUT2D eigenvalue weighted by Gasteiger charge is -2.20. The molecule has 1 amide bonds. The minimum Gasteiger partial charge on any atom is -0.388 e. The Morgan fingerprint density at radius 1 is 1.27 bits per heavy atom. The van der Waals surface area contributed by atoms with E-state index in [1.807, 2.05) is 0 Å². The number of carbonyl (C=O) groups excluding carboxylic acids is 1. The van der Waals surface area contributed by atoms with E-state index < -0.39 is 6.10 Å². The molecular formula is C18H25NO3. The Morgan fingerprint density at radius 3 is 2.77 bits per heavy atom. The first-order valence-corrected chi connectivity index (χ1v) is 8.28. The van der Waals surface area contributed by atoms with E-state index in [1.54, 1.807) is 7.11 Å². The van der Waals surface area contributed by atoms with Crippen molar-refractivity contribution >= 4 is 5.91 Å². The Hall–Kier alpha value is -1.39. The molecule has 0 radical (unpaired) electrons. The lowest BCUT2D eigenvalue weighted by Crippen LogP contribution is -2.43. The average Bonchev–Trinajstić information content (AvgIpc) is 2.87. The zero-order valence-electron chi connectivity index (χ0n) is 13.2. The van der Waals surface area contributed by atoms with Crippen LogP contribution in [0.3, 0.4) is 0 Å². The summed E-state index contributed by atoms with van der Waals surface area (Å²) in [5.74, 6) is -0.0171. The number of hydrogen-bond donors (Lipinski definition) is 2. The van der Waals surface area contributed by atoms with Crippen molar-refractivity contribution in [3.8, 4) is 0 Å². The third-order valence-corrected chi connectivity index (χ3v) is 4.98. The highest BCUT2D eigenvalue weighted by Gasteiger charge is 2.35. The Labute approximate surface area is 131 Å². The van der Waals surface area contributed by atoms with Gasteiger partial charge in [0.05, 0.1) is 18.6 Å². The summed E-state index contributed by atoms with van der Waals surface area (Å²) >= 11 is 0. The quantitative estimate of drug-likeness (QED) is 0.891. The van der Waals surface area contributed by atoms with E-state index in [4.69, 9.17) is 4.74 Å². The molecule has 3 atom stereocenters. The maximum Gasteiger partial charge on any atom is 0.224 e. The van der Waals surface area contributed by atoms with Gasteiger partial charge in [0.15, 0.2) is 0 Å². The number of aryl methyl sites for hydroxylation is 2. The Morgan fingerprint density at radius 2 is 2.05 bits per heavy atom. The van der Waals surface area contributed by atoms with Crippen LogP contribution in [0.1, 0.15) is 42.4 Å². The summed E-state index contributed by atoms with van der Waals surface area (Å²) in [6.07, 6.45) is 6.00. The fraction of sp³-hybridized carbons (Fsp3) is 0.611. The van der Waals surface area contributed by atoms with Crippen molar-refractivity contribution in [2.24, 2.45) is 0 Å². The summed E-state index contributed by atoms with van der Waals surface area (Å²) in [4.78, 5) is 12.2. The Bertz CT molecular complexity index is 543. The van der Waals surface area contributed by atoms with Gasteiger partial charge in [-0.3, -0.25) is 4.79 Å². The molecule has 0 heterocycles. The summed E-state index contributed by atoms with van der Waals surface area (Å²) in [6.45, 7) is 0. The number of aliphatic hydroxyl groups excluding tert-OH is 1. The lowest BCUT2D eigenvalue weighted by atomic mass is 9.90. The maximum absolute atomic E-state index is 12.2. The molecule has 2 aliphatic carbocycles. The number of fused-ring (bicyclic) bond motifs is 1. The number of hydrogen-bond acceptors (Lipinski definition) is 3. The van der Waals surface area contributed by atoms with Crippen LogP contribution in [0.25, 0.3) is 0 Å². The SMILES string of the molecule is CO[C@@H]1CC[C@@H](NC(=O)Cc2ccc3c(c2)CCCC3)[C@H]1O. The van der Waals surface area contributed by atoms with Gasteiger partial charge in [0.1, 0.15) is 6.10 Å². The van der Waals surface area contributed by atoms with Crippen LogP contribution in [-0.2, 0) is 28.8 Å². The molecule has 2 N–H and O–H groups in total. The summed E-state index contributed by atoms with van der Waals surface area (Å²) < 4.78 is 5.21. The van der Waals surface area contributed by atoms with Crippen LogP contribution in [0, 0.1) is 0 Å². The van der Waals surface area contributed by atoms with Crippen molar-refractivity contribution in [1.29, 1.82) is 0 Å². The van der Waals surface area contributed by atoms with Crippen molar-refractivity contribution in [2.45, 2.75) is 63.2 Å². The molecule has 2 aliphatic rings. The zero-order valence-corrected chi connectivity index (χ0v) is 13.2. The van der Waals surface area contributed by atoms with Crippen LogP contribution < -0.4 is 5.32 Å². The normalized spacial score (nSPS) is 27.5. The third kappa shape index (κ3) is 3.33. The van der Waals surface area contributed by atoms with Gasteiger partial charge in [0, 0.05) is 7.11 Å². The van der Waals surface area contributed by atoms with E-state index in [1.165, 1.54) is 24.0 Å². The maximum atomic E-state index is 12.2. The molecule has 4 heteroatoms. The number of aliphatic hydroxyl groups is 1. The van der Waals surface area contributed by atoms with E-state index in [-0.39, 0.29) is 18.1 Å². The van der Waals surface area contributed by atoms with E-state index in [9.17, 15) is 9.90 Å². The summed E-state index contributed by atoms with van der Waals surface area (Å²) in [7, 11) is 1.60. The van der Waals surface area contributed by atoms with Crippen LogP contribution in [-0.4, -0.2) is 36.4 Å². The molecular weight excluding hydrogens is 278 g/mol. The van der Waals surface area contributed by atoms with Gasteiger partial charge >= 0.3 is 0 Å². The first kappa shape index (κ1) is 15.5. The average molecular weight is 303 g/mol. The molecule has 0 unspecified atom stereocenters. The second-order valence-corrected chi connectivity index (χ2v) is 6.50. The first-order chi connectivity index (χ1) is 10.7. The van der Waals surface area contributed by atoms with Gasteiger partial charge in [-0.15, -0.1) is 0 Å². The van der Waals surface area contributed by atoms with Gasteiger partial charge in [0.2, 0.25) is 5.91 Å². The van der Waals surface area contributed by atoms with E-state index in [0.29, 0.717) is 6.42 Å². The second kappa shape index (κ2) is 6.80. The molecule has 0 aromatic heterocycles. The molecule has 1 aromatic carbocycles. The number of rotatable bonds is 4. The number of carbonyl (C=O) groups is 1. The molecule has 4 nitrogen and oxygen atoms in total. The highest BCUT2D eigenvalue weighted by atomic mass is 16.5. The molecule has 22 heavy (non-hydrogen) atoms. The number of methoxy groups -OCH3 is 1. The van der Waals surface area contributed by atoms with Crippen molar-refractivity contribution < 1.29 is 14.6 Å². The van der Waals surface area contributed by atoms with Gasteiger partial charge in [0.25, 0.3) is 0 Å². The molecule has 0 bridgehead atoms. The molecule has 0 spiro atoms. The van der Waals surface area contributed by atoms with Crippen LogP contribution in [0.4, 0.5) is 0 Å². The van der Waals surface area contributed by atoms with Gasteiger partial charge in [-0.2, -0.15) is 0 Å². The van der Waals surface area contributed by atoms with Crippen molar-refractivity contribution in [3.05, 3.63) is 34.9 Å². The number of amides is 1. The predicted octanol–water partition coefficient (Wildman–Crippen LogP) is 1.76. The van der Waals surface area contributed by atoms with E-state index in [2.05, 4.69) is 23.5 Å². The minimum atomic E-state index is -0.600. The van der Waals surface area contributed by atoms with Crippen LogP contribution in [0.5, 0.6) is 0 Å². The van der Waals surface area contributed by atoms with E-state index in [0.717, 1.165) is 31.2 Å². The fourth-order valence-corrected chi connectivity index (χ4v) is 3.70. The topological polar surface area (TPSA) is 58.6 Å². The lowest BCUT2D eigenvalue weighted by molar-refractivity contribution is -0.122. The zero-order chi connectivity index (χ0) is 15.5. The highest BCUT2D eigenvalue weighted by molar-refractivity contribution is 5.79. The third-order valence-electron chi connectivity index (χ3n) is 4.98. The highest BCUT2D eigenvalue weighted by Crippen LogP contribution is 2.24. The number of ether oxygens (including phenoxy) is 1. The smallest absolute Gasteiger partial charge is 0.224 e. The standard InChI is InChI=1S/C18H25NO3/c1-22-16-9-8-15(18(16)21)19-17(20)11-12-6-7-13-4-2-3-5-14(13)10-12/h6-7,10,15-16,18,21H,2-5,8-9,11H2,1H3,(H,19,20)/t15-,16-,18-/m1/s1. The molecule has 120 valence electrons. The molecule has 0 aliphatic heterocycles. The number of nitrogens with one attached hydrogen (secondary N) is 1. The van der Waals surface area contributed by atoms with Crippen LogP contribution >= 0.6 is 0 Å². The molecule has 3 rings (SSSR count). The fourth-order valence-electron chi connectivity index (χ4n) is 3.70. The van der Waals surface area contributed by atoms with Gasteiger partial charge in [-0.25, -0.2) is 0 Å². The summed E-state index contributed by atoms with van der Waals surface area (Å²) in [5.41, 5.74) is 3.90. The first-order valence-electron chi connectivity index (χ1n) is 8.28. The largest absolute Gasteiger partial charge is 0.388 e. The van der Waals surface area contributed by atoms with Crippen LogP contribution in [0.15, 0.2) is 18.2 Å². The van der Waals surface area contributed by atoms with Gasteiger partial charge in [-0.1, -0.05) is 18.2 Å². The van der Waals surface area contributed by atoms with Gasteiger partial charge < -0.3 is 15.2 Å². The predicted molar refractivity (Wildman–Crippen MR) is 84.8 cm³/mol. The molecule has 0 saturated heterocycles. The summed E-state index contributed by atoms with van der Waals surface area (Å²) in [6, 6.07) is 6.22. The van der Waals surface area contributed by atoms with Crippen molar-refractivity contribution in [1.82, 2.24) is 5.32 Å². The van der Waals surface area contributed by atoms with Gasteiger partial charge in [-0.05, 0) is 55.2 Å². The van der Waals surface area contributed by atoms with Crippen LogP contribution in [0.2, 0.25) is 0 Å². The molecule has 1 fully saturated rings. The van der Waals surface area contributed by atoms with Crippen molar-refractivity contribution in [2.75, 3.05) is 7.11 Å². The Balaban J connectivity index is 1.58. The summed E-state index contributed by atoms with van der Waals surface area (Å²) in [5, 5.41) is 13.0. The second-order valence-electron chi connectivity index (χ2n) is 6.50.